The molecule has 0 aliphatic carbocycles. The summed E-state index contributed by atoms with van der Waals surface area (Å²) in [5.41, 5.74) is 10.3. The molecule has 1 aromatic heterocycles. The van der Waals surface area contributed by atoms with Gasteiger partial charge in [-0.2, -0.15) is 0 Å². The molecule has 0 radical (unpaired) electrons. The second-order valence-corrected chi connectivity index (χ2v) is 10.1. The summed E-state index contributed by atoms with van der Waals surface area (Å²) >= 11 is 0. The van der Waals surface area contributed by atoms with Gasteiger partial charge in [-0.15, -0.1) is 0 Å². The molecule has 0 saturated heterocycles. The van der Waals surface area contributed by atoms with E-state index in [1.807, 2.05) is 6.07 Å². The quantitative estimate of drug-likeness (QED) is 0.243. The van der Waals surface area contributed by atoms with Crippen molar-refractivity contribution in [1.29, 1.82) is 0 Å². The minimum absolute atomic E-state index is 0.615. The van der Waals surface area contributed by atoms with Crippen LogP contribution in [0.25, 0.3) is 11.1 Å². The third-order valence-electron chi connectivity index (χ3n) is 7.18. The molecule has 2 heterocycles. The predicted octanol–water partition coefficient (Wildman–Crippen LogP) is 7.64. The van der Waals surface area contributed by atoms with Gasteiger partial charge in [0.2, 0.25) is 0 Å². The molecule has 4 aromatic rings. The van der Waals surface area contributed by atoms with Crippen LogP contribution in [-0.2, 0) is 13.0 Å². The monoisotopic (exact) mass is 504 g/mol. The van der Waals surface area contributed by atoms with Crippen molar-refractivity contribution < 1.29 is 4.74 Å². The molecule has 0 fully saturated rings. The molecule has 3 aromatic carbocycles. The number of aliphatic imine (C=N–C) groups is 1. The van der Waals surface area contributed by atoms with E-state index in [0.29, 0.717) is 6.61 Å². The molecule has 5 heteroatoms. The molecule has 0 saturated carbocycles. The summed E-state index contributed by atoms with van der Waals surface area (Å²) in [7, 11) is 0. The Morgan fingerprint density at radius 3 is 2.58 bits per heavy atom. The van der Waals surface area contributed by atoms with E-state index in [4.69, 9.17) is 14.7 Å². The molecular weight excluding hydrogens is 468 g/mol. The Kier molecular flexibility index (Phi) is 7.83. The molecule has 0 spiro atoms. The number of fused-ring (bicyclic) bond motifs is 1. The van der Waals surface area contributed by atoms with Gasteiger partial charge in [0.25, 0.3) is 0 Å². The Bertz CT molecular complexity index is 1450. The van der Waals surface area contributed by atoms with Crippen molar-refractivity contribution in [2.45, 2.75) is 53.5 Å². The molecule has 5 rings (SSSR count). The van der Waals surface area contributed by atoms with Gasteiger partial charge in [-0.05, 0) is 67.6 Å². The van der Waals surface area contributed by atoms with E-state index >= 15 is 0 Å². The van der Waals surface area contributed by atoms with Gasteiger partial charge in [0.05, 0.1) is 17.9 Å². The van der Waals surface area contributed by atoms with Gasteiger partial charge in [-0.25, -0.2) is 9.97 Å². The van der Waals surface area contributed by atoms with Gasteiger partial charge in [0.1, 0.15) is 24.5 Å². The zero-order valence-corrected chi connectivity index (χ0v) is 22.9. The maximum Gasteiger partial charge on any atom is 0.135 e. The Balaban J connectivity index is 1.43. The smallest absolute Gasteiger partial charge is 0.135 e. The van der Waals surface area contributed by atoms with Gasteiger partial charge in [-0.1, -0.05) is 61.9 Å². The number of benzene rings is 3. The number of ether oxygens (including phenoxy) is 1. The van der Waals surface area contributed by atoms with Crippen molar-refractivity contribution in [3.63, 3.8) is 0 Å². The van der Waals surface area contributed by atoms with Crippen molar-refractivity contribution in [1.82, 2.24) is 9.97 Å². The lowest BCUT2D eigenvalue weighted by atomic mass is 10.00. The van der Waals surface area contributed by atoms with E-state index in [2.05, 4.69) is 98.2 Å². The van der Waals surface area contributed by atoms with Gasteiger partial charge in [-0.3, -0.25) is 4.99 Å². The highest BCUT2D eigenvalue weighted by Gasteiger charge is 2.20. The van der Waals surface area contributed by atoms with Crippen LogP contribution in [0.2, 0.25) is 0 Å². The molecule has 1 aliphatic heterocycles. The largest absolute Gasteiger partial charge is 0.491 e. The van der Waals surface area contributed by atoms with E-state index in [-0.39, 0.29) is 0 Å². The number of aryl methyl sites for hydroxylation is 1. The average molecular weight is 505 g/mol. The highest BCUT2D eigenvalue weighted by atomic mass is 16.5. The van der Waals surface area contributed by atoms with E-state index in [1.165, 1.54) is 28.0 Å². The van der Waals surface area contributed by atoms with Crippen LogP contribution in [0.1, 0.15) is 54.6 Å². The Morgan fingerprint density at radius 2 is 1.76 bits per heavy atom. The van der Waals surface area contributed by atoms with Crippen LogP contribution < -0.4 is 9.64 Å². The molecule has 0 N–H and O–H groups in total. The summed E-state index contributed by atoms with van der Waals surface area (Å²) in [5.74, 6) is 1.92. The summed E-state index contributed by atoms with van der Waals surface area (Å²) in [4.78, 5) is 16.6. The van der Waals surface area contributed by atoms with Crippen LogP contribution in [0, 0.1) is 13.8 Å². The first-order chi connectivity index (χ1) is 18.5. The molecule has 0 bridgehead atoms. The Labute approximate surface area is 226 Å². The topological polar surface area (TPSA) is 50.6 Å². The highest BCUT2D eigenvalue weighted by molar-refractivity contribution is 5.85. The SMILES string of the molecule is CCCC(C)=Nc1cc(-c2ccc3c(c2)CN(c2ncnc(Cc4ccccc4)c2C)CCO3)ccc1C. The zero-order chi connectivity index (χ0) is 26.5. The summed E-state index contributed by atoms with van der Waals surface area (Å²) < 4.78 is 6.17. The lowest BCUT2D eigenvalue weighted by molar-refractivity contribution is 0.331. The summed E-state index contributed by atoms with van der Waals surface area (Å²) in [6.07, 6.45) is 4.61. The normalized spacial score (nSPS) is 13.6. The van der Waals surface area contributed by atoms with E-state index in [9.17, 15) is 0 Å². The fourth-order valence-corrected chi connectivity index (χ4v) is 5.05. The molecule has 1 aliphatic rings. The third kappa shape index (κ3) is 5.77. The molecule has 0 amide bonds. The van der Waals surface area contributed by atoms with Crippen molar-refractivity contribution in [2.24, 2.45) is 4.99 Å². The fraction of sp³-hybridized carbons (Fsp3) is 0.303. The second kappa shape index (κ2) is 11.6. The number of rotatable bonds is 7. The summed E-state index contributed by atoms with van der Waals surface area (Å²) in [6.45, 7) is 10.7. The molecule has 0 unspecified atom stereocenters. The maximum absolute atomic E-state index is 6.17. The van der Waals surface area contributed by atoms with Gasteiger partial charge >= 0.3 is 0 Å². The Morgan fingerprint density at radius 1 is 0.974 bits per heavy atom. The lowest BCUT2D eigenvalue weighted by Gasteiger charge is -2.23. The van der Waals surface area contributed by atoms with Crippen LogP contribution in [0.4, 0.5) is 11.5 Å². The first kappa shape index (κ1) is 25.7. The van der Waals surface area contributed by atoms with Gasteiger partial charge in [0.15, 0.2) is 0 Å². The van der Waals surface area contributed by atoms with Crippen LogP contribution in [0.5, 0.6) is 5.75 Å². The van der Waals surface area contributed by atoms with Crippen molar-refractivity contribution >= 4 is 17.2 Å². The molecule has 5 nitrogen and oxygen atoms in total. The first-order valence-electron chi connectivity index (χ1n) is 13.5. The maximum atomic E-state index is 6.17. The summed E-state index contributed by atoms with van der Waals surface area (Å²) in [6, 6.07) is 23.5. The van der Waals surface area contributed by atoms with Gasteiger partial charge in [0, 0.05) is 29.8 Å². The van der Waals surface area contributed by atoms with E-state index in [1.54, 1.807) is 6.33 Å². The van der Waals surface area contributed by atoms with Crippen molar-refractivity contribution in [3.8, 4) is 16.9 Å². The lowest BCUT2D eigenvalue weighted by Crippen LogP contribution is -2.27. The van der Waals surface area contributed by atoms with E-state index in [0.717, 1.165) is 66.4 Å². The molecular formula is C33H36N4O. The first-order valence-corrected chi connectivity index (χ1v) is 13.5. The molecule has 38 heavy (non-hydrogen) atoms. The van der Waals surface area contributed by atoms with Crippen molar-refractivity contribution in [3.05, 3.63) is 101 Å². The standard InChI is InChI=1S/C33H36N4O/c1-5-9-24(3)36-30-20-28(13-12-23(30)2)27-14-15-32-29(19-27)21-37(16-17-38-32)33-25(4)31(34-22-35-33)18-26-10-7-6-8-11-26/h6-8,10-15,19-20,22H,5,9,16-18,21H2,1-4H3. The van der Waals surface area contributed by atoms with Crippen LogP contribution in [0.3, 0.4) is 0 Å². The number of nitrogens with zero attached hydrogens (tertiary/aromatic N) is 4. The number of hydrogen-bond acceptors (Lipinski definition) is 5. The zero-order valence-electron chi connectivity index (χ0n) is 22.9. The number of aromatic nitrogens is 2. The number of hydrogen-bond donors (Lipinski definition) is 0. The van der Waals surface area contributed by atoms with Crippen LogP contribution in [-0.4, -0.2) is 28.8 Å². The van der Waals surface area contributed by atoms with E-state index < -0.39 is 0 Å². The van der Waals surface area contributed by atoms with Crippen molar-refractivity contribution in [2.75, 3.05) is 18.1 Å². The third-order valence-corrected chi connectivity index (χ3v) is 7.18. The van der Waals surface area contributed by atoms with Gasteiger partial charge < -0.3 is 9.64 Å². The molecule has 0 atom stereocenters. The highest BCUT2D eigenvalue weighted by Crippen LogP contribution is 2.34. The molecule has 194 valence electrons. The Hall–Kier alpha value is -3.99. The second-order valence-electron chi connectivity index (χ2n) is 10.1. The summed E-state index contributed by atoms with van der Waals surface area (Å²) in [5, 5.41) is 0. The van der Waals surface area contributed by atoms with Crippen LogP contribution >= 0.6 is 0 Å². The van der Waals surface area contributed by atoms with Crippen LogP contribution in [0.15, 0.2) is 78.0 Å². The minimum Gasteiger partial charge on any atom is -0.491 e. The average Bonchev–Trinajstić information content (AvgIpc) is 3.14. The predicted molar refractivity (Wildman–Crippen MR) is 157 cm³/mol. The number of anilines is 1. The minimum atomic E-state index is 0.615. The fourth-order valence-electron chi connectivity index (χ4n) is 5.05.